The molecule has 2 aromatic carbocycles. The molecule has 2 aromatic rings. The van der Waals surface area contributed by atoms with Crippen molar-refractivity contribution in [2.75, 3.05) is 23.8 Å². The molecule has 3 rings (SSSR count). The first-order valence-corrected chi connectivity index (χ1v) is 7.76. The van der Waals surface area contributed by atoms with Gasteiger partial charge in [0.25, 0.3) is 0 Å². The Balaban J connectivity index is 0.00000208. The molecule has 1 saturated heterocycles. The fourth-order valence-electron chi connectivity index (χ4n) is 2.54. The molecular formula is C18H22ClN3O2. The van der Waals surface area contributed by atoms with Crippen LogP contribution in [-0.4, -0.2) is 24.7 Å². The molecule has 128 valence electrons. The molecule has 1 fully saturated rings. The number of amides is 1. The molecule has 1 aliphatic rings. The highest BCUT2D eigenvalue weighted by Gasteiger charge is 2.35. The van der Waals surface area contributed by atoms with Gasteiger partial charge in [-0.3, -0.25) is 4.79 Å². The number of halogens is 1. The van der Waals surface area contributed by atoms with Crippen molar-refractivity contribution < 1.29 is 9.53 Å². The monoisotopic (exact) mass is 347 g/mol. The van der Waals surface area contributed by atoms with Gasteiger partial charge in [-0.15, -0.1) is 12.4 Å². The van der Waals surface area contributed by atoms with Crippen molar-refractivity contribution in [2.24, 2.45) is 5.73 Å². The lowest BCUT2D eigenvalue weighted by molar-refractivity contribution is -0.124. The second kappa shape index (κ2) is 8.15. The minimum Gasteiger partial charge on any atom is -0.381 e. The lowest BCUT2D eigenvalue weighted by Gasteiger charge is -2.31. The highest BCUT2D eigenvalue weighted by molar-refractivity contribution is 5.98. The summed E-state index contributed by atoms with van der Waals surface area (Å²) in [6.07, 6.45) is 1.10. The van der Waals surface area contributed by atoms with Crippen LogP contribution in [0.15, 0.2) is 54.6 Å². The van der Waals surface area contributed by atoms with E-state index in [1.807, 2.05) is 54.6 Å². The number of para-hydroxylation sites is 1. The Labute approximate surface area is 148 Å². The zero-order chi connectivity index (χ0) is 16.1. The summed E-state index contributed by atoms with van der Waals surface area (Å²) in [4.78, 5) is 12.4. The van der Waals surface area contributed by atoms with E-state index in [0.29, 0.717) is 26.1 Å². The van der Waals surface area contributed by atoms with Gasteiger partial charge in [0.15, 0.2) is 0 Å². The van der Waals surface area contributed by atoms with E-state index >= 15 is 0 Å². The predicted octanol–water partition coefficient (Wildman–Crippen LogP) is 3.30. The Hall–Kier alpha value is -2.08. The first kappa shape index (κ1) is 18.3. The van der Waals surface area contributed by atoms with E-state index in [0.717, 1.165) is 17.1 Å². The zero-order valence-electron chi connectivity index (χ0n) is 13.3. The van der Waals surface area contributed by atoms with E-state index in [1.165, 1.54) is 0 Å². The molecule has 0 saturated carbocycles. The van der Waals surface area contributed by atoms with Crippen LogP contribution in [0.5, 0.6) is 0 Å². The van der Waals surface area contributed by atoms with Crippen molar-refractivity contribution in [3.05, 3.63) is 54.6 Å². The van der Waals surface area contributed by atoms with Gasteiger partial charge in [0, 0.05) is 30.3 Å². The smallest absolute Gasteiger partial charge is 0.244 e. The lowest BCUT2D eigenvalue weighted by atomic mass is 9.90. The third kappa shape index (κ3) is 4.47. The van der Waals surface area contributed by atoms with Gasteiger partial charge in [-0.25, -0.2) is 0 Å². The number of nitrogens with one attached hydrogen (secondary N) is 2. The molecule has 5 nitrogen and oxygen atoms in total. The maximum atomic E-state index is 12.4. The average molecular weight is 348 g/mol. The second-order valence-electron chi connectivity index (χ2n) is 5.79. The molecule has 0 spiro atoms. The van der Waals surface area contributed by atoms with Crippen molar-refractivity contribution in [2.45, 2.75) is 18.4 Å². The van der Waals surface area contributed by atoms with Gasteiger partial charge in [-0.05, 0) is 49.2 Å². The third-order valence-corrected chi connectivity index (χ3v) is 4.04. The number of ether oxygens (including phenoxy) is 1. The Morgan fingerprint density at radius 1 is 0.917 bits per heavy atom. The van der Waals surface area contributed by atoms with Crippen LogP contribution in [0.25, 0.3) is 0 Å². The Morgan fingerprint density at radius 2 is 1.46 bits per heavy atom. The van der Waals surface area contributed by atoms with Crippen LogP contribution in [0, 0.1) is 0 Å². The Kier molecular flexibility index (Phi) is 6.20. The summed E-state index contributed by atoms with van der Waals surface area (Å²) in [6.45, 7) is 1.06. The van der Waals surface area contributed by atoms with E-state index in [4.69, 9.17) is 10.5 Å². The van der Waals surface area contributed by atoms with Crippen LogP contribution in [0.1, 0.15) is 12.8 Å². The van der Waals surface area contributed by atoms with Crippen molar-refractivity contribution in [3.63, 3.8) is 0 Å². The summed E-state index contributed by atoms with van der Waals surface area (Å²) < 4.78 is 5.27. The fourth-order valence-corrected chi connectivity index (χ4v) is 2.54. The van der Waals surface area contributed by atoms with Gasteiger partial charge < -0.3 is 21.1 Å². The largest absolute Gasteiger partial charge is 0.381 e. The van der Waals surface area contributed by atoms with E-state index in [1.54, 1.807) is 0 Å². The summed E-state index contributed by atoms with van der Waals surface area (Å²) >= 11 is 0. The number of carbonyl (C=O) groups is 1. The second-order valence-corrected chi connectivity index (χ2v) is 5.79. The minimum absolute atomic E-state index is 0. The first-order chi connectivity index (χ1) is 11.2. The molecule has 24 heavy (non-hydrogen) atoms. The van der Waals surface area contributed by atoms with Gasteiger partial charge in [0.2, 0.25) is 5.91 Å². The molecule has 6 heteroatoms. The molecule has 0 unspecified atom stereocenters. The van der Waals surface area contributed by atoms with Crippen molar-refractivity contribution >= 4 is 35.4 Å². The summed E-state index contributed by atoms with van der Waals surface area (Å²) in [7, 11) is 0. The molecule has 0 atom stereocenters. The fraction of sp³-hybridized carbons (Fsp3) is 0.278. The van der Waals surface area contributed by atoms with E-state index in [-0.39, 0.29) is 18.3 Å². The summed E-state index contributed by atoms with van der Waals surface area (Å²) in [5.41, 5.74) is 8.07. The molecule has 0 bridgehead atoms. The quantitative estimate of drug-likeness (QED) is 0.793. The molecule has 1 amide bonds. The van der Waals surface area contributed by atoms with Crippen LogP contribution >= 0.6 is 12.4 Å². The number of benzene rings is 2. The van der Waals surface area contributed by atoms with E-state index in [2.05, 4.69) is 10.6 Å². The molecule has 0 aliphatic carbocycles. The van der Waals surface area contributed by atoms with Gasteiger partial charge in [0.1, 0.15) is 5.54 Å². The molecular weight excluding hydrogens is 326 g/mol. The Bertz CT molecular complexity index is 656. The summed E-state index contributed by atoms with van der Waals surface area (Å²) in [5.74, 6) is -0.149. The molecule has 0 aromatic heterocycles. The van der Waals surface area contributed by atoms with Gasteiger partial charge in [0.05, 0.1) is 0 Å². The molecule has 0 radical (unpaired) electrons. The van der Waals surface area contributed by atoms with Gasteiger partial charge in [-0.1, -0.05) is 18.2 Å². The van der Waals surface area contributed by atoms with Crippen LogP contribution in [-0.2, 0) is 9.53 Å². The average Bonchev–Trinajstić information content (AvgIpc) is 2.58. The number of nitrogens with two attached hydrogens (primary N) is 1. The number of hydrogen-bond donors (Lipinski definition) is 3. The summed E-state index contributed by atoms with van der Waals surface area (Å²) in [5, 5.41) is 6.20. The predicted molar refractivity (Wildman–Crippen MR) is 99.0 cm³/mol. The van der Waals surface area contributed by atoms with E-state index in [9.17, 15) is 4.79 Å². The maximum Gasteiger partial charge on any atom is 0.244 e. The number of hydrogen-bond acceptors (Lipinski definition) is 4. The SMILES string of the molecule is Cl.NC1(C(=O)Nc2ccc(Nc3ccccc3)cc2)CCOCC1. The van der Waals surface area contributed by atoms with Crippen LogP contribution in [0.4, 0.5) is 17.1 Å². The van der Waals surface area contributed by atoms with Crippen LogP contribution in [0.2, 0.25) is 0 Å². The van der Waals surface area contributed by atoms with Crippen LogP contribution in [0.3, 0.4) is 0 Å². The van der Waals surface area contributed by atoms with Crippen molar-refractivity contribution in [1.29, 1.82) is 0 Å². The number of anilines is 3. The molecule has 1 heterocycles. The summed E-state index contributed by atoms with van der Waals surface area (Å²) in [6, 6.07) is 17.5. The molecule has 4 N–H and O–H groups in total. The highest BCUT2D eigenvalue weighted by atomic mass is 35.5. The Morgan fingerprint density at radius 3 is 2.08 bits per heavy atom. The lowest BCUT2D eigenvalue weighted by Crippen LogP contribution is -2.54. The number of carbonyl (C=O) groups excluding carboxylic acids is 1. The normalized spacial score (nSPS) is 15.9. The number of rotatable bonds is 4. The van der Waals surface area contributed by atoms with Gasteiger partial charge >= 0.3 is 0 Å². The highest BCUT2D eigenvalue weighted by Crippen LogP contribution is 2.22. The van der Waals surface area contributed by atoms with Crippen LogP contribution < -0.4 is 16.4 Å². The standard InChI is InChI=1S/C18H21N3O2.ClH/c19-18(10-12-23-13-11-18)17(22)21-16-8-6-15(7-9-16)20-14-4-2-1-3-5-14;/h1-9,20H,10-13,19H2,(H,21,22);1H. The van der Waals surface area contributed by atoms with Gasteiger partial charge in [-0.2, -0.15) is 0 Å². The van der Waals surface area contributed by atoms with E-state index < -0.39 is 5.54 Å². The molecule has 1 aliphatic heterocycles. The third-order valence-electron chi connectivity index (χ3n) is 4.04. The minimum atomic E-state index is -0.834. The topological polar surface area (TPSA) is 76.4 Å². The maximum absolute atomic E-state index is 12.4. The first-order valence-electron chi connectivity index (χ1n) is 7.76. The van der Waals surface area contributed by atoms with Crippen molar-refractivity contribution in [1.82, 2.24) is 0 Å². The van der Waals surface area contributed by atoms with Crippen molar-refractivity contribution in [3.8, 4) is 0 Å². The zero-order valence-corrected chi connectivity index (χ0v) is 14.1.